The number of aliphatic hydroxyl groups excluding tert-OH is 2. The van der Waals surface area contributed by atoms with E-state index in [0.29, 0.717) is 0 Å². The van der Waals surface area contributed by atoms with E-state index in [1.807, 2.05) is 0 Å². The van der Waals surface area contributed by atoms with Gasteiger partial charge in [0.1, 0.15) is 0 Å². The van der Waals surface area contributed by atoms with Gasteiger partial charge in [-0.05, 0) is 12.5 Å². The number of nitrogens with one attached hydrogen (secondary N) is 1. The highest BCUT2D eigenvalue weighted by Gasteiger charge is 2.40. The van der Waals surface area contributed by atoms with Gasteiger partial charge in [-0.1, -0.05) is 0 Å². The first kappa shape index (κ1) is 16.4. The Labute approximate surface area is 112 Å². The zero-order chi connectivity index (χ0) is 15.5. The number of hydrogen-bond acceptors (Lipinski definition) is 5. The molecule has 0 fully saturated rings. The third kappa shape index (κ3) is 3.94. The number of methoxy groups -OCH3 is 1. The predicted octanol–water partition coefficient (Wildman–Crippen LogP) is -0.494. The molecule has 0 bridgehead atoms. The summed E-state index contributed by atoms with van der Waals surface area (Å²) < 4.78 is 40.5. The first-order valence-corrected chi connectivity index (χ1v) is 5.67. The molecule has 0 aromatic carbocycles. The minimum Gasteiger partial charge on any atom is -0.466 e. The van der Waals surface area contributed by atoms with E-state index in [4.69, 9.17) is 0 Å². The summed E-state index contributed by atoms with van der Waals surface area (Å²) in [6.45, 7) is -0.523. The number of aliphatic hydroxyl groups is 2. The Balaban J connectivity index is 2.69. The van der Waals surface area contributed by atoms with E-state index in [-0.39, 0.29) is 12.0 Å². The van der Waals surface area contributed by atoms with Gasteiger partial charge in [-0.25, -0.2) is 4.79 Å². The largest absolute Gasteiger partial charge is 0.471 e. The fraction of sp³-hybridized carbons (Fsp3) is 0.636. The number of carbonyl (C=O) groups excluding carboxylic acids is 2. The first-order valence-electron chi connectivity index (χ1n) is 5.67. The molecule has 1 rings (SSSR count). The zero-order valence-corrected chi connectivity index (χ0v) is 10.5. The van der Waals surface area contributed by atoms with Crippen LogP contribution in [0, 0.1) is 5.92 Å². The Morgan fingerprint density at radius 2 is 2.05 bits per heavy atom. The van der Waals surface area contributed by atoms with Crippen LogP contribution in [0.4, 0.5) is 13.2 Å². The van der Waals surface area contributed by atoms with Gasteiger partial charge in [0.25, 0.3) is 0 Å². The second kappa shape index (κ2) is 6.23. The number of ether oxygens (including phenoxy) is 1. The molecule has 1 aliphatic carbocycles. The second-order valence-electron chi connectivity index (χ2n) is 4.34. The molecule has 0 saturated carbocycles. The van der Waals surface area contributed by atoms with Crippen molar-refractivity contribution in [3.8, 4) is 0 Å². The monoisotopic (exact) mass is 297 g/mol. The van der Waals surface area contributed by atoms with Crippen molar-refractivity contribution in [1.29, 1.82) is 0 Å². The van der Waals surface area contributed by atoms with Gasteiger partial charge >= 0.3 is 18.1 Å². The van der Waals surface area contributed by atoms with Crippen molar-refractivity contribution >= 4 is 11.9 Å². The Hall–Kier alpha value is -1.61. The summed E-state index contributed by atoms with van der Waals surface area (Å²) in [5.41, 5.74) is 0.0385. The van der Waals surface area contributed by atoms with Crippen LogP contribution in [0.3, 0.4) is 0 Å². The van der Waals surface area contributed by atoms with Crippen molar-refractivity contribution in [2.45, 2.75) is 24.8 Å². The number of esters is 1. The Kier molecular flexibility index (Phi) is 5.12. The molecule has 6 nitrogen and oxygen atoms in total. The van der Waals surface area contributed by atoms with Crippen LogP contribution in [0.1, 0.15) is 6.42 Å². The predicted molar refractivity (Wildman–Crippen MR) is 59.3 cm³/mol. The van der Waals surface area contributed by atoms with Crippen LogP contribution in [0.25, 0.3) is 0 Å². The van der Waals surface area contributed by atoms with Gasteiger partial charge in [0.15, 0.2) is 0 Å². The molecule has 0 spiro atoms. The highest BCUT2D eigenvalue weighted by atomic mass is 19.4. The molecule has 0 aromatic heterocycles. The first-order chi connectivity index (χ1) is 9.16. The molecule has 20 heavy (non-hydrogen) atoms. The van der Waals surface area contributed by atoms with E-state index < -0.39 is 42.7 Å². The minimum atomic E-state index is -5.03. The van der Waals surface area contributed by atoms with Gasteiger partial charge in [0.05, 0.1) is 19.3 Å². The number of rotatable bonds is 3. The van der Waals surface area contributed by atoms with Gasteiger partial charge in [0.2, 0.25) is 0 Å². The number of halogens is 3. The lowest BCUT2D eigenvalue weighted by molar-refractivity contribution is -0.174. The van der Waals surface area contributed by atoms with Gasteiger partial charge in [-0.2, -0.15) is 13.2 Å². The lowest BCUT2D eigenvalue weighted by Crippen LogP contribution is -2.46. The molecule has 114 valence electrons. The van der Waals surface area contributed by atoms with Crippen LogP contribution in [0.15, 0.2) is 11.6 Å². The zero-order valence-electron chi connectivity index (χ0n) is 10.5. The van der Waals surface area contributed by atoms with Crippen molar-refractivity contribution < 1.29 is 37.7 Å². The minimum absolute atomic E-state index is 0.0385. The van der Waals surface area contributed by atoms with Crippen molar-refractivity contribution in [3.05, 3.63) is 11.6 Å². The molecule has 1 amide bonds. The maximum absolute atomic E-state index is 12.0. The van der Waals surface area contributed by atoms with E-state index in [1.165, 1.54) is 0 Å². The van der Waals surface area contributed by atoms with Crippen LogP contribution in [-0.4, -0.2) is 54.1 Å². The number of hydrogen-bond donors (Lipinski definition) is 3. The van der Waals surface area contributed by atoms with Gasteiger partial charge in [-0.15, -0.1) is 0 Å². The van der Waals surface area contributed by atoms with Crippen LogP contribution in [-0.2, 0) is 14.3 Å². The average Bonchev–Trinajstić information content (AvgIpc) is 2.37. The summed E-state index contributed by atoms with van der Waals surface area (Å²) in [5.74, 6) is -3.81. The fourth-order valence-electron chi connectivity index (χ4n) is 1.85. The molecule has 0 aliphatic heterocycles. The number of carbonyl (C=O) groups is 2. The molecule has 0 aromatic rings. The fourth-order valence-corrected chi connectivity index (χ4v) is 1.85. The summed E-state index contributed by atoms with van der Waals surface area (Å²) in [6, 6.07) is 0. The summed E-state index contributed by atoms with van der Waals surface area (Å²) in [4.78, 5) is 22.0. The Morgan fingerprint density at radius 1 is 1.45 bits per heavy atom. The highest BCUT2D eigenvalue weighted by Crippen LogP contribution is 2.26. The van der Waals surface area contributed by atoms with E-state index in [2.05, 4.69) is 4.74 Å². The molecule has 3 atom stereocenters. The van der Waals surface area contributed by atoms with Crippen molar-refractivity contribution in [1.82, 2.24) is 5.32 Å². The SMILES string of the molecule is COC(=O)C1=C[C@@H](O)[C@@H](O)[C@H](CNC(=O)C(F)(F)F)C1. The molecule has 0 unspecified atom stereocenters. The van der Waals surface area contributed by atoms with Gasteiger partial charge < -0.3 is 20.3 Å². The van der Waals surface area contributed by atoms with Gasteiger partial charge in [0, 0.05) is 18.0 Å². The quantitative estimate of drug-likeness (QED) is 0.611. The molecule has 9 heteroatoms. The topological polar surface area (TPSA) is 95.9 Å². The molecule has 0 heterocycles. The molecular formula is C11H14F3NO5. The second-order valence-corrected chi connectivity index (χ2v) is 4.34. The van der Waals surface area contributed by atoms with Gasteiger partial charge in [-0.3, -0.25) is 4.79 Å². The van der Waals surface area contributed by atoms with E-state index in [0.717, 1.165) is 13.2 Å². The maximum Gasteiger partial charge on any atom is 0.471 e. The third-order valence-corrected chi connectivity index (χ3v) is 2.92. The van der Waals surface area contributed by atoms with E-state index in [1.54, 1.807) is 5.32 Å². The molecule has 1 aliphatic rings. The van der Waals surface area contributed by atoms with E-state index >= 15 is 0 Å². The lowest BCUT2D eigenvalue weighted by Gasteiger charge is -2.30. The maximum atomic E-state index is 12.0. The van der Waals surface area contributed by atoms with E-state index in [9.17, 15) is 33.0 Å². The summed E-state index contributed by atoms with van der Waals surface area (Å²) in [6.07, 6.45) is -6.84. The Morgan fingerprint density at radius 3 is 2.55 bits per heavy atom. The Bertz CT molecular complexity index is 421. The molecule has 0 saturated heterocycles. The van der Waals surface area contributed by atoms with Crippen LogP contribution in [0.5, 0.6) is 0 Å². The highest BCUT2D eigenvalue weighted by molar-refractivity contribution is 5.88. The third-order valence-electron chi connectivity index (χ3n) is 2.92. The van der Waals surface area contributed by atoms with Crippen molar-refractivity contribution in [2.24, 2.45) is 5.92 Å². The summed E-state index contributed by atoms with van der Waals surface area (Å²) >= 11 is 0. The van der Waals surface area contributed by atoms with Crippen LogP contribution >= 0.6 is 0 Å². The van der Waals surface area contributed by atoms with Crippen molar-refractivity contribution in [2.75, 3.05) is 13.7 Å². The normalized spacial score (nSPS) is 26.7. The lowest BCUT2D eigenvalue weighted by atomic mass is 9.84. The standard InChI is InChI=1S/C11H14F3NO5/c1-20-9(18)5-2-6(8(17)7(16)3-5)4-15-10(19)11(12,13)14/h3,6-8,16-17H,2,4H2,1H3,(H,15,19)/t6-,7+,8-/m0/s1. The van der Waals surface area contributed by atoms with Crippen LogP contribution in [0.2, 0.25) is 0 Å². The smallest absolute Gasteiger partial charge is 0.466 e. The molecular weight excluding hydrogens is 283 g/mol. The molecule has 3 N–H and O–H groups in total. The summed E-state index contributed by atoms with van der Waals surface area (Å²) in [5, 5.41) is 20.8. The molecule has 0 radical (unpaired) electrons. The van der Waals surface area contributed by atoms with Crippen LogP contribution < -0.4 is 5.32 Å². The van der Waals surface area contributed by atoms with Crippen molar-refractivity contribution in [3.63, 3.8) is 0 Å². The number of amides is 1. The number of alkyl halides is 3. The average molecular weight is 297 g/mol. The summed E-state index contributed by atoms with van der Waals surface area (Å²) in [7, 11) is 1.11.